The average Bonchev–Trinajstić information content (AvgIpc) is 2.63. The second-order valence-electron chi connectivity index (χ2n) is 6.56. The van der Waals surface area contributed by atoms with Gasteiger partial charge in [0.15, 0.2) is 0 Å². The number of carbonyl (C=O) groups excluding carboxylic acids is 1. The van der Waals surface area contributed by atoms with Crippen LogP contribution in [-0.4, -0.2) is 23.2 Å². The first-order valence-corrected chi connectivity index (χ1v) is 9.00. The fourth-order valence-corrected chi connectivity index (χ4v) is 2.94. The van der Waals surface area contributed by atoms with Crippen LogP contribution in [0.4, 0.5) is 23.2 Å². The molecule has 0 saturated heterocycles. The van der Waals surface area contributed by atoms with Crippen LogP contribution >= 0.6 is 11.6 Å². The van der Waals surface area contributed by atoms with Crippen molar-refractivity contribution in [3.05, 3.63) is 64.4 Å². The summed E-state index contributed by atoms with van der Waals surface area (Å²) < 4.78 is 54.2. The van der Waals surface area contributed by atoms with E-state index >= 15 is 0 Å². The third kappa shape index (κ3) is 6.19. The first-order chi connectivity index (χ1) is 13.5. The van der Waals surface area contributed by atoms with Crippen molar-refractivity contribution in [1.29, 1.82) is 0 Å². The highest BCUT2D eigenvalue weighted by Gasteiger charge is 2.45. The van der Waals surface area contributed by atoms with Gasteiger partial charge in [-0.2, -0.15) is 13.2 Å². The van der Waals surface area contributed by atoms with Crippen LogP contribution in [0, 0.1) is 11.7 Å². The van der Waals surface area contributed by atoms with Crippen molar-refractivity contribution < 1.29 is 32.3 Å². The molecule has 0 aliphatic rings. The van der Waals surface area contributed by atoms with Gasteiger partial charge in [0.1, 0.15) is 5.82 Å². The molecule has 0 spiro atoms. The predicted octanol–water partition coefficient (Wildman–Crippen LogP) is 5.42. The van der Waals surface area contributed by atoms with Crippen molar-refractivity contribution in [1.82, 2.24) is 0 Å². The Bertz CT molecular complexity index is 884. The fourth-order valence-electron chi connectivity index (χ4n) is 2.81. The van der Waals surface area contributed by atoms with Crippen molar-refractivity contribution in [2.75, 3.05) is 5.32 Å². The normalized spacial score (nSPS) is 13.6. The molecule has 2 atom stereocenters. The summed E-state index contributed by atoms with van der Waals surface area (Å²) in [6, 6.07) is 8.96. The summed E-state index contributed by atoms with van der Waals surface area (Å²) in [6.07, 6.45) is -4.79. The molecule has 2 aromatic carbocycles. The van der Waals surface area contributed by atoms with Gasteiger partial charge >= 0.3 is 12.1 Å². The summed E-state index contributed by atoms with van der Waals surface area (Å²) >= 11 is 5.77. The van der Waals surface area contributed by atoms with Crippen LogP contribution in [0.25, 0.3) is 0 Å². The van der Waals surface area contributed by atoms with E-state index in [1.165, 1.54) is 36.4 Å². The Kier molecular flexibility index (Phi) is 7.24. The molecule has 2 unspecified atom stereocenters. The van der Waals surface area contributed by atoms with Gasteiger partial charge in [0, 0.05) is 11.4 Å². The molecule has 0 fully saturated rings. The number of carboxylic acid groups (broad SMARTS) is 1. The summed E-state index contributed by atoms with van der Waals surface area (Å²) in [7, 11) is 0. The van der Waals surface area contributed by atoms with E-state index in [4.69, 9.17) is 16.7 Å². The lowest BCUT2D eigenvalue weighted by molar-refractivity contribution is -0.178. The highest BCUT2D eigenvalue weighted by Crippen LogP contribution is 2.38. The van der Waals surface area contributed by atoms with Crippen LogP contribution in [0.5, 0.6) is 0 Å². The Hall–Kier alpha value is -2.61. The van der Waals surface area contributed by atoms with Crippen LogP contribution in [0.2, 0.25) is 5.02 Å². The molecule has 2 N–H and O–H groups in total. The maximum absolute atomic E-state index is 14.1. The average molecular weight is 432 g/mol. The summed E-state index contributed by atoms with van der Waals surface area (Å²) in [4.78, 5) is 23.4. The van der Waals surface area contributed by atoms with Crippen LogP contribution in [-0.2, 0) is 16.0 Å². The third-order valence-corrected chi connectivity index (χ3v) is 4.70. The monoisotopic (exact) mass is 431 g/mol. The summed E-state index contributed by atoms with van der Waals surface area (Å²) in [5.74, 6) is -6.60. The molecule has 0 heterocycles. The Labute approximate surface area is 169 Å². The molecule has 9 heteroatoms. The van der Waals surface area contributed by atoms with E-state index < -0.39 is 35.7 Å². The van der Waals surface area contributed by atoms with Crippen molar-refractivity contribution in [2.45, 2.75) is 31.9 Å². The molecule has 0 aromatic heterocycles. The van der Waals surface area contributed by atoms with E-state index in [9.17, 15) is 27.2 Å². The summed E-state index contributed by atoms with van der Waals surface area (Å²) in [5, 5.41) is 11.2. The zero-order valence-corrected chi connectivity index (χ0v) is 16.0. The summed E-state index contributed by atoms with van der Waals surface area (Å²) in [5.41, 5.74) is 0.196. The largest absolute Gasteiger partial charge is 0.481 e. The number of aliphatic carboxylic acids is 1. The molecule has 29 heavy (non-hydrogen) atoms. The molecule has 4 nitrogen and oxygen atoms in total. The van der Waals surface area contributed by atoms with Crippen molar-refractivity contribution >= 4 is 29.2 Å². The highest BCUT2D eigenvalue weighted by molar-refractivity contribution is 6.30. The minimum Gasteiger partial charge on any atom is -0.481 e. The van der Waals surface area contributed by atoms with Gasteiger partial charge in [0.25, 0.3) is 0 Å². The Morgan fingerprint density at radius 1 is 1.14 bits per heavy atom. The number of halogens is 5. The number of amides is 1. The van der Waals surface area contributed by atoms with Gasteiger partial charge in [-0.1, -0.05) is 36.7 Å². The van der Waals surface area contributed by atoms with Gasteiger partial charge in [-0.05, 0) is 41.8 Å². The number of hydrogen-bond acceptors (Lipinski definition) is 2. The maximum atomic E-state index is 14.1. The molecule has 0 radical (unpaired) electrons. The maximum Gasteiger partial charge on any atom is 0.392 e. The van der Waals surface area contributed by atoms with Gasteiger partial charge in [-0.15, -0.1) is 0 Å². The van der Waals surface area contributed by atoms with Gasteiger partial charge < -0.3 is 10.4 Å². The predicted molar refractivity (Wildman–Crippen MR) is 100 cm³/mol. The van der Waals surface area contributed by atoms with E-state index in [-0.39, 0.29) is 24.1 Å². The molecule has 0 saturated carbocycles. The van der Waals surface area contributed by atoms with Crippen LogP contribution in [0.1, 0.15) is 30.4 Å². The zero-order valence-electron chi connectivity index (χ0n) is 15.3. The fraction of sp³-hybridized carbons (Fsp3) is 0.300. The van der Waals surface area contributed by atoms with Crippen molar-refractivity contribution in [3.63, 3.8) is 0 Å². The number of rotatable bonds is 7. The van der Waals surface area contributed by atoms with Gasteiger partial charge in [0.2, 0.25) is 5.91 Å². The highest BCUT2D eigenvalue weighted by atomic mass is 35.5. The Morgan fingerprint density at radius 3 is 2.31 bits per heavy atom. The number of carbonyl (C=O) groups is 2. The second kappa shape index (κ2) is 9.26. The number of carboxylic acids is 1. The molecule has 1 amide bonds. The van der Waals surface area contributed by atoms with Gasteiger partial charge in [-0.25, -0.2) is 4.39 Å². The molecular formula is C20H18ClF4NO3. The second-order valence-corrected chi connectivity index (χ2v) is 6.99. The Balaban J connectivity index is 2.33. The number of aryl methyl sites for hydroxylation is 1. The number of nitrogens with one attached hydrogen (secondary N) is 1. The molecule has 2 aromatic rings. The van der Waals surface area contributed by atoms with Crippen LogP contribution in [0.3, 0.4) is 0 Å². The van der Waals surface area contributed by atoms with Gasteiger partial charge in [-0.3, -0.25) is 9.59 Å². The number of benzene rings is 2. The summed E-state index contributed by atoms with van der Waals surface area (Å²) in [6.45, 7) is 0.874. The molecule has 0 bridgehead atoms. The van der Waals surface area contributed by atoms with Gasteiger partial charge in [0.05, 0.1) is 17.5 Å². The van der Waals surface area contributed by atoms with E-state index in [1.54, 1.807) is 0 Å². The lowest BCUT2D eigenvalue weighted by Crippen LogP contribution is -2.34. The topological polar surface area (TPSA) is 66.4 Å². The van der Waals surface area contributed by atoms with Crippen LogP contribution in [0.15, 0.2) is 42.5 Å². The first-order valence-electron chi connectivity index (χ1n) is 8.62. The zero-order chi connectivity index (χ0) is 21.8. The van der Waals surface area contributed by atoms with Crippen molar-refractivity contribution in [2.24, 2.45) is 5.92 Å². The quantitative estimate of drug-likeness (QED) is 0.575. The molecule has 2 rings (SSSR count). The number of anilines is 1. The van der Waals surface area contributed by atoms with E-state index in [1.807, 2.05) is 0 Å². The number of alkyl halides is 3. The standard InChI is InChI=1S/C20H18ClF4NO3/c1-11(20(23,24)25)18(13-4-6-14(21)7-5-13)19(29)26-16-10-12(2-8-15(16)22)3-9-17(27)28/h2,4-8,10-11,18H,3,9H2,1H3,(H,26,29)(H,27,28). The lowest BCUT2D eigenvalue weighted by Gasteiger charge is -2.26. The molecular weight excluding hydrogens is 414 g/mol. The number of hydrogen-bond donors (Lipinski definition) is 2. The van der Waals surface area contributed by atoms with Crippen LogP contribution < -0.4 is 5.32 Å². The van der Waals surface area contributed by atoms with E-state index in [2.05, 4.69) is 5.32 Å². The van der Waals surface area contributed by atoms with E-state index in [0.717, 1.165) is 13.0 Å². The van der Waals surface area contributed by atoms with E-state index in [0.29, 0.717) is 10.6 Å². The molecule has 0 aliphatic heterocycles. The first kappa shape index (κ1) is 22.7. The smallest absolute Gasteiger partial charge is 0.392 e. The minimum atomic E-state index is -4.66. The molecule has 156 valence electrons. The SMILES string of the molecule is CC(C(C(=O)Nc1cc(CCC(=O)O)ccc1F)c1ccc(Cl)cc1)C(F)(F)F. The Morgan fingerprint density at radius 2 is 1.76 bits per heavy atom. The lowest BCUT2D eigenvalue weighted by atomic mass is 9.86. The molecule has 0 aliphatic carbocycles. The minimum absolute atomic E-state index is 0.0814. The third-order valence-electron chi connectivity index (χ3n) is 4.44. The van der Waals surface area contributed by atoms with Crippen molar-refractivity contribution in [3.8, 4) is 0 Å².